The molecular formula is C24H28N6O3S. The van der Waals surface area contributed by atoms with Gasteiger partial charge < -0.3 is 14.8 Å². The van der Waals surface area contributed by atoms with Crippen molar-refractivity contribution in [3.05, 3.63) is 59.8 Å². The molecular weight excluding hydrogens is 452 g/mol. The molecule has 9 nitrogen and oxygen atoms in total. The van der Waals surface area contributed by atoms with E-state index in [0.29, 0.717) is 44.8 Å². The highest BCUT2D eigenvalue weighted by molar-refractivity contribution is 7.99. The molecule has 1 aromatic carbocycles. The molecule has 2 heterocycles. The van der Waals surface area contributed by atoms with Gasteiger partial charge in [0.2, 0.25) is 5.91 Å². The number of thioether (sulfide) groups is 1. The van der Waals surface area contributed by atoms with Gasteiger partial charge in [0.25, 0.3) is 0 Å². The lowest BCUT2D eigenvalue weighted by Gasteiger charge is -2.14. The molecule has 0 fully saturated rings. The van der Waals surface area contributed by atoms with Crippen LogP contribution in [0.3, 0.4) is 0 Å². The summed E-state index contributed by atoms with van der Waals surface area (Å²) in [6.07, 6.45) is 5.62. The number of nitrogens with one attached hydrogen (secondary N) is 3. The number of rotatable bonds is 9. The van der Waals surface area contributed by atoms with Crippen molar-refractivity contribution in [2.75, 3.05) is 25.3 Å². The molecule has 2 aromatic heterocycles. The Bertz CT molecular complexity index is 1350. The predicted molar refractivity (Wildman–Crippen MR) is 135 cm³/mol. The first-order valence-corrected chi connectivity index (χ1v) is 11.4. The summed E-state index contributed by atoms with van der Waals surface area (Å²) < 4.78 is 12.2. The molecule has 3 aromatic rings. The van der Waals surface area contributed by atoms with Gasteiger partial charge in [-0.1, -0.05) is 36.1 Å². The van der Waals surface area contributed by atoms with Gasteiger partial charge in [-0.25, -0.2) is 4.98 Å². The van der Waals surface area contributed by atoms with E-state index in [1.807, 2.05) is 32.9 Å². The number of carbonyl (C=O) groups excluding carboxylic acids is 1. The third-order valence-corrected chi connectivity index (χ3v) is 5.74. The van der Waals surface area contributed by atoms with Crippen molar-refractivity contribution in [1.82, 2.24) is 19.7 Å². The number of aryl methyl sites for hydroxylation is 1. The summed E-state index contributed by atoms with van der Waals surface area (Å²) in [6, 6.07) is 5.17. The Morgan fingerprint density at radius 2 is 2.09 bits per heavy atom. The maximum Gasteiger partial charge on any atom is 0.234 e. The molecule has 0 saturated carbocycles. The third-order valence-electron chi connectivity index (χ3n) is 4.81. The number of allylic oxidation sites excluding steroid dienone is 5. The first kappa shape index (κ1) is 24.8. The summed E-state index contributed by atoms with van der Waals surface area (Å²) in [6.45, 7) is 9.92. The molecule has 0 radical (unpaired) electrons. The van der Waals surface area contributed by atoms with Crippen molar-refractivity contribution in [1.29, 1.82) is 5.41 Å². The van der Waals surface area contributed by atoms with Crippen LogP contribution in [0.1, 0.15) is 19.5 Å². The molecule has 0 aliphatic carbocycles. The standard InChI is InChI=1S/C24H28N6O3S/c1-14(2)8-7-9-15(3)30-22(25)21-16(4)28-29-23(21)27-24(30)34-13-20(31)26-18-12-17(32-5)10-11-19(18)33-6/h7-12,25H,3,13H2,1-2,4-6H3,(H,26,31)(H,28,29)/b9-7-,25-22?. The van der Waals surface area contributed by atoms with Crippen LogP contribution in [0, 0.1) is 12.3 Å². The van der Waals surface area contributed by atoms with E-state index in [1.165, 1.54) is 18.9 Å². The second kappa shape index (κ2) is 10.9. The van der Waals surface area contributed by atoms with E-state index in [1.54, 1.807) is 36.0 Å². The van der Waals surface area contributed by atoms with Gasteiger partial charge in [0.1, 0.15) is 17.0 Å². The van der Waals surface area contributed by atoms with Crippen molar-refractivity contribution in [2.24, 2.45) is 0 Å². The van der Waals surface area contributed by atoms with Crippen LogP contribution in [-0.4, -0.2) is 45.6 Å². The number of carbonyl (C=O) groups is 1. The van der Waals surface area contributed by atoms with E-state index in [0.717, 1.165) is 5.57 Å². The zero-order chi connectivity index (χ0) is 24.8. The van der Waals surface area contributed by atoms with Gasteiger partial charge in [0.05, 0.1) is 36.7 Å². The monoisotopic (exact) mass is 480 g/mol. The van der Waals surface area contributed by atoms with Gasteiger partial charge in [-0.3, -0.25) is 19.9 Å². The highest BCUT2D eigenvalue weighted by Gasteiger charge is 2.16. The smallest absolute Gasteiger partial charge is 0.234 e. The molecule has 3 N–H and O–H groups in total. The molecule has 0 saturated heterocycles. The number of amides is 1. The van der Waals surface area contributed by atoms with E-state index in [2.05, 4.69) is 27.1 Å². The lowest BCUT2D eigenvalue weighted by molar-refractivity contribution is -0.113. The summed E-state index contributed by atoms with van der Waals surface area (Å²) in [4.78, 5) is 17.4. The van der Waals surface area contributed by atoms with Crippen LogP contribution < -0.4 is 20.3 Å². The number of hydrogen-bond donors (Lipinski definition) is 3. The first-order chi connectivity index (χ1) is 16.2. The summed E-state index contributed by atoms with van der Waals surface area (Å²) >= 11 is 1.19. The van der Waals surface area contributed by atoms with Gasteiger partial charge >= 0.3 is 0 Å². The van der Waals surface area contributed by atoms with Gasteiger partial charge in [0.15, 0.2) is 10.8 Å². The number of nitrogens with zero attached hydrogens (tertiary/aromatic N) is 3. The molecule has 178 valence electrons. The van der Waals surface area contributed by atoms with Gasteiger partial charge in [-0.05, 0) is 39.0 Å². The SMILES string of the molecule is C=C(/C=C\C=C(C)C)n1c(SCC(=O)Nc2cc(OC)ccc2OC)nc2[nH]nc(C)c2c1=N. The number of anilines is 1. The Labute approximate surface area is 202 Å². The van der Waals surface area contributed by atoms with Crippen LogP contribution in [0.5, 0.6) is 11.5 Å². The van der Waals surface area contributed by atoms with Crippen LogP contribution in [-0.2, 0) is 4.79 Å². The minimum atomic E-state index is -0.261. The lowest BCUT2D eigenvalue weighted by atomic mass is 10.2. The van der Waals surface area contributed by atoms with Gasteiger partial charge in [-0.2, -0.15) is 5.10 Å². The summed E-state index contributed by atoms with van der Waals surface area (Å²) in [5, 5.41) is 19.7. The largest absolute Gasteiger partial charge is 0.497 e. The molecule has 34 heavy (non-hydrogen) atoms. The normalized spacial score (nSPS) is 11.0. The Balaban J connectivity index is 1.90. The average Bonchev–Trinajstić information content (AvgIpc) is 3.18. The number of ether oxygens (including phenoxy) is 2. The van der Waals surface area contributed by atoms with Crippen molar-refractivity contribution in [3.63, 3.8) is 0 Å². The van der Waals surface area contributed by atoms with Crippen molar-refractivity contribution < 1.29 is 14.3 Å². The van der Waals surface area contributed by atoms with E-state index in [-0.39, 0.29) is 17.1 Å². The maximum atomic E-state index is 12.8. The molecule has 0 bridgehead atoms. The van der Waals surface area contributed by atoms with Crippen LogP contribution in [0.15, 0.2) is 53.7 Å². The summed E-state index contributed by atoms with van der Waals surface area (Å²) in [5.74, 6) is 0.911. The fourth-order valence-electron chi connectivity index (χ4n) is 3.16. The van der Waals surface area contributed by atoms with Crippen molar-refractivity contribution >= 4 is 40.1 Å². The first-order valence-electron chi connectivity index (χ1n) is 10.4. The van der Waals surface area contributed by atoms with E-state index < -0.39 is 0 Å². The Morgan fingerprint density at radius 1 is 1.32 bits per heavy atom. The maximum absolute atomic E-state index is 12.8. The third kappa shape index (κ3) is 5.57. The molecule has 3 rings (SSSR count). The average molecular weight is 481 g/mol. The second-order valence-corrected chi connectivity index (χ2v) is 8.55. The van der Waals surface area contributed by atoms with E-state index >= 15 is 0 Å². The van der Waals surface area contributed by atoms with Crippen LogP contribution in [0.25, 0.3) is 16.7 Å². The molecule has 0 atom stereocenters. The van der Waals surface area contributed by atoms with Crippen LogP contribution in [0.2, 0.25) is 0 Å². The predicted octanol–water partition coefficient (Wildman–Crippen LogP) is 4.29. The fraction of sp³-hybridized carbons (Fsp3) is 0.250. The topological polar surface area (TPSA) is 118 Å². The fourth-order valence-corrected chi connectivity index (χ4v) is 3.98. The number of H-pyrrole nitrogens is 1. The highest BCUT2D eigenvalue weighted by Crippen LogP contribution is 2.29. The number of aromatic nitrogens is 4. The quantitative estimate of drug-likeness (QED) is 0.239. The van der Waals surface area contributed by atoms with Crippen LogP contribution in [0.4, 0.5) is 5.69 Å². The molecule has 0 spiro atoms. The zero-order valence-electron chi connectivity index (χ0n) is 19.9. The summed E-state index contributed by atoms with van der Waals surface area (Å²) in [5.41, 5.74) is 3.54. The number of fused-ring (bicyclic) bond motifs is 1. The number of benzene rings is 1. The Kier molecular flexibility index (Phi) is 7.95. The number of aromatic amines is 1. The lowest BCUT2D eigenvalue weighted by Crippen LogP contribution is -2.23. The Morgan fingerprint density at radius 3 is 2.76 bits per heavy atom. The highest BCUT2D eigenvalue weighted by atomic mass is 32.2. The zero-order valence-corrected chi connectivity index (χ0v) is 20.7. The number of methoxy groups -OCH3 is 2. The number of hydrogen-bond acceptors (Lipinski definition) is 7. The Hall–Kier alpha value is -3.79. The van der Waals surface area contributed by atoms with E-state index in [4.69, 9.17) is 14.9 Å². The van der Waals surface area contributed by atoms with Crippen molar-refractivity contribution in [3.8, 4) is 11.5 Å². The minimum absolute atomic E-state index is 0.0520. The van der Waals surface area contributed by atoms with E-state index in [9.17, 15) is 4.79 Å². The molecule has 10 heteroatoms. The van der Waals surface area contributed by atoms with Gasteiger partial charge in [0, 0.05) is 11.8 Å². The minimum Gasteiger partial charge on any atom is -0.497 e. The molecule has 0 aliphatic heterocycles. The van der Waals surface area contributed by atoms with Crippen LogP contribution >= 0.6 is 11.8 Å². The summed E-state index contributed by atoms with van der Waals surface area (Å²) in [7, 11) is 3.09. The molecule has 0 aliphatic rings. The van der Waals surface area contributed by atoms with Gasteiger partial charge in [-0.15, -0.1) is 0 Å². The second-order valence-electron chi connectivity index (χ2n) is 7.61. The van der Waals surface area contributed by atoms with Crippen molar-refractivity contribution in [2.45, 2.75) is 25.9 Å². The molecule has 0 unspecified atom stereocenters. The molecule has 1 amide bonds.